The summed E-state index contributed by atoms with van der Waals surface area (Å²) >= 11 is 1.60. The number of methoxy groups -OCH3 is 2. The van der Waals surface area contributed by atoms with E-state index in [4.69, 9.17) is 24.2 Å². The first-order valence-corrected chi connectivity index (χ1v) is 15.1. The van der Waals surface area contributed by atoms with E-state index in [1.165, 1.54) is 0 Å². The van der Waals surface area contributed by atoms with Crippen LogP contribution >= 0.6 is 11.8 Å². The van der Waals surface area contributed by atoms with Gasteiger partial charge in [-0.25, -0.2) is 9.97 Å². The first kappa shape index (κ1) is 30.7. The van der Waals surface area contributed by atoms with Gasteiger partial charge in [0.2, 0.25) is 0 Å². The lowest BCUT2D eigenvalue weighted by molar-refractivity contribution is 0.0858. The van der Waals surface area contributed by atoms with Crippen molar-refractivity contribution in [1.29, 1.82) is 0 Å². The summed E-state index contributed by atoms with van der Waals surface area (Å²) in [5.41, 5.74) is 3.81. The maximum absolute atomic E-state index is 12.5. The number of benzene rings is 2. The molecular weight excluding hydrogens is 536 g/mol. The maximum Gasteiger partial charge on any atom is 0.251 e. The Bertz CT molecular complexity index is 1300. The fourth-order valence-corrected chi connectivity index (χ4v) is 5.33. The van der Waals surface area contributed by atoms with Crippen LogP contribution in [0, 0.1) is 0 Å². The molecule has 41 heavy (non-hydrogen) atoms. The van der Waals surface area contributed by atoms with Gasteiger partial charge in [-0.1, -0.05) is 50.7 Å². The number of hydrogen-bond donors (Lipinski definition) is 1. The molecule has 9 heteroatoms. The van der Waals surface area contributed by atoms with Crippen LogP contribution in [0.4, 0.5) is 5.82 Å². The largest absolute Gasteiger partial charge is 0.493 e. The van der Waals surface area contributed by atoms with E-state index in [2.05, 4.69) is 50.2 Å². The lowest BCUT2D eigenvalue weighted by atomic mass is 9.92. The van der Waals surface area contributed by atoms with Crippen molar-refractivity contribution >= 4 is 23.5 Å². The minimum atomic E-state index is -0.115. The van der Waals surface area contributed by atoms with E-state index in [-0.39, 0.29) is 17.4 Å². The first-order valence-electron chi connectivity index (χ1n) is 14.1. The van der Waals surface area contributed by atoms with Gasteiger partial charge in [-0.3, -0.25) is 4.79 Å². The standard InChI is InChI=1S/C32H42N4O4S/c1-32(2,3)28-19-29(36(4)16-15-22-11-14-26(38-5)27(18-22)39-6)35-31(34-28)41-21-23-9-12-24(13-10-23)30(37)33-20-25-8-7-17-40-25/h9-14,18-19,25H,7-8,15-17,20-21H2,1-6H3,(H,33,37). The Morgan fingerprint density at radius 2 is 1.78 bits per heavy atom. The van der Waals surface area contributed by atoms with Gasteiger partial charge in [0.05, 0.1) is 26.0 Å². The maximum atomic E-state index is 12.5. The molecule has 0 aliphatic carbocycles. The van der Waals surface area contributed by atoms with E-state index in [9.17, 15) is 4.79 Å². The third-order valence-electron chi connectivity index (χ3n) is 7.13. The van der Waals surface area contributed by atoms with Gasteiger partial charge < -0.3 is 24.4 Å². The molecule has 1 unspecified atom stereocenters. The van der Waals surface area contributed by atoms with Crippen LogP contribution in [0.5, 0.6) is 11.5 Å². The molecule has 0 radical (unpaired) electrons. The highest BCUT2D eigenvalue weighted by atomic mass is 32.2. The fraction of sp³-hybridized carbons (Fsp3) is 0.469. The Morgan fingerprint density at radius 3 is 2.44 bits per heavy atom. The zero-order valence-corrected chi connectivity index (χ0v) is 25.8. The van der Waals surface area contributed by atoms with E-state index in [1.54, 1.807) is 26.0 Å². The lowest BCUT2D eigenvalue weighted by Gasteiger charge is -2.23. The molecule has 1 atom stereocenters. The molecule has 1 saturated heterocycles. The van der Waals surface area contributed by atoms with Gasteiger partial charge in [0.15, 0.2) is 16.7 Å². The smallest absolute Gasteiger partial charge is 0.251 e. The van der Waals surface area contributed by atoms with Crippen molar-refractivity contribution in [1.82, 2.24) is 15.3 Å². The molecule has 1 N–H and O–H groups in total. The van der Waals surface area contributed by atoms with Gasteiger partial charge in [0.1, 0.15) is 5.82 Å². The van der Waals surface area contributed by atoms with Crippen molar-refractivity contribution in [3.8, 4) is 11.5 Å². The zero-order valence-electron chi connectivity index (χ0n) is 25.0. The fourth-order valence-electron chi connectivity index (χ4n) is 4.52. The molecule has 4 rings (SSSR count). The topological polar surface area (TPSA) is 85.8 Å². The molecule has 3 aromatic rings. The van der Waals surface area contributed by atoms with Crippen molar-refractivity contribution in [2.24, 2.45) is 0 Å². The Kier molecular flexibility index (Phi) is 10.5. The summed E-state index contributed by atoms with van der Waals surface area (Å²) in [5, 5.41) is 3.72. The van der Waals surface area contributed by atoms with Gasteiger partial charge in [-0.2, -0.15) is 0 Å². The number of carbonyl (C=O) groups excluding carboxylic acids is 1. The monoisotopic (exact) mass is 578 g/mol. The first-order chi connectivity index (χ1) is 19.7. The van der Waals surface area contributed by atoms with Crippen LogP contribution in [-0.4, -0.2) is 62.9 Å². The van der Waals surface area contributed by atoms with Crippen molar-refractivity contribution in [2.75, 3.05) is 45.9 Å². The van der Waals surface area contributed by atoms with E-state index < -0.39 is 0 Å². The molecule has 1 aliphatic heterocycles. The predicted molar refractivity (Wildman–Crippen MR) is 165 cm³/mol. The Hall–Kier alpha value is -3.30. The van der Waals surface area contributed by atoms with Crippen molar-refractivity contribution in [3.63, 3.8) is 0 Å². The second kappa shape index (κ2) is 14.0. The third-order valence-corrected chi connectivity index (χ3v) is 8.05. The zero-order chi connectivity index (χ0) is 29.4. The van der Waals surface area contributed by atoms with Crippen molar-refractivity contribution < 1.29 is 19.0 Å². The molecule has 0 bridgehead atoms. The van der Waals surface area contributed by atoms with Gasteiger partial charge in [0.25, 0.3) is 5.91 Å². The lowest BCUT2D eigenvalue weighted by Crippen LogP contribution is -2.31. The molecule has 220 valence electrons. The average molecular weight is 579 g/mol. The number of thioether (sulfide) groups is 1. The molecule has 2 aromatic carbocycles. The highest BCUT2D eigenvalue weighted by molar-refractivity contribution is 7.98. The number of carbonyl (C=O) groups is 1. The third kappa shape index (κ3) is 8.60. The number of hydrogen-bond acceptors (Lipinski definition) is 8. The Morgan fingerprint density at radius 1 is 1.05 bits per heavy atom. The summed E-state index contributed by atoms with van der Waals surface area (Å²) in [5.74, 6) is 2.99. The molecular formula is C32H42N4O4S. The Balaban J connectivity index is 1.39. The van der Waals surface area contributed by atoms with Gasteiger partial charge in [-0.05, 0) is 54.7 Å². The van der Waals surface area contributed by atoms with Crippen LogP contribution in [0.2, 0.25) is 0 Å². The summed E-state index contributed by atoms with van der Waals surface area (Å²) in [6.45, 7) is 8.63. The minimum Gasteiger partial charge on any atom is -0.493 e. The van der Waals surface area contributed by atoms with Crippen LogP contribution in [0.3, 0.4) is 0 Å². The molecule has 1 aromatic heterocycles. The van der Waals surface area contributed by atoms with Crippen molar-refractivity contribution in [3.05, 3.63) is 70.9 Å². The Labute approximate surface area is 248 Å². The number of rotatable bonds is 12. The number of ether oxygens (including phenoxy) is 3. The van der Waals surface area contributed by atoms with Crippen LogP contribution in [0.1, 0.15) is 60.8 Å². The highest BCUT2D eigenvalue weighted by Gasteiger charge is 2.20. The van der Waals surface area contributed by atoms with E-state index in [0.29, 0.717) is 17.9 Å². The number of aromatic nitrogens is 2. The number of amides is 1. The molecule has 0 spiro atoms. The van der Waals surface area contributed by atoms with Crippen LogP contribution in [0.25, 0.3) is 0 Å². The number of anilines is 1. The number of nitrogens with one attached hydrogen (secondary N) is 1. The second-order valence-corrected chi connectivity index (χ2v) is 12.3. The summed E-state index contributed by atoms with van der Waals surface area (Å²) in [7, 11) is 5.36. The second-order valence-electron chi connectivity index (χ2n) is 11.3. The van der Waals surface area contributed by atoms with E-state index in [1.807, 2.05) is 36.4 Å². The molecule has 0 saturated carbocycles. The van der Waals surface area contributed by atoms with Crippen LogP contribution in [-0.2, 0) is 22.3 Å². The summed E-state index contributed by atoms with van der Waals surface area (Å²) in [6, 6.07) is 15.9. The molecule has 1 amide bonds. The minimum absolute atomic E-state index is 0.0679. The average Bonchev–Trinajstić information content (AvgIpc) is 3.51. The van der Waals surface area contributed by atoms with Crippen molar-refractivity contribution in [2.45, 2.75) is 62.5 Å². The molecule has 8 nitrogen and oxygen atoms in total. The van der Waals surface area contributed by atoms with Crippen LogP contribution in [0.15, 0.2) is 53.7 Å². The quantitative estimate of drug-likeness (QED) is 0.217. The van der Waals surface area contributed by atoms with E-state index >= 15 is 0 Å². The van der Waals surface area contributed by atoms with E-state index in [0.717, 1.165) is 71.7 Å². The number of nitrogens with zero attached hydrogens (tertiary/aromatic N) is 3. The summed E-state index contributed by atoms with van der Waals surface area (Å²) < 4.78 is 16.4. The van der Waals surface area contributed by atoms with Gasteiger partial charge in [0, 0.05) is 49.5 Å². The van der Waals surface area contributed by atoms with Gasteiger partial charge in [-0.15, -0.1) is 0 Å². The normalized spacial score (nSPS) is 15.0. The number of likely N-dealkylation sites (N-methyl/N-ethyl adjacent to an activating group) is 1. The summed E-state index contributed by atoms with van der Waals surface area (Å²) in [4.78, 5) is 24.5. The SMILES string of the molecule is COc1ccc(CCN(C)c2cc(C(C)(C)C)nc(SCc3ccc(C(=O)NCC4CCCO4)cc3)n2)cc1OC. The molecule has 1 aliphatic rings. The molecule has 2 heterocycles. The van der Waals surface area contributed by atoms with Gasteiger partial charge >= 0.3 is 0 Å². The van der Waals surface area contributed by atoms with Crippen LogP contribution < -0.4 is 19.7 Å². The molecule has 1 fully saturated rings. The summed E-state index contributed by atoms with van der Waals surface area (Å²) in [6.07, 6.45) is 3.03. The predicted octanol–water partition coefficient (Wildman–Crippen LogP) is 5.67. The highest BCUT2D eigenvalue weighted by Crippen LogP contribution is 2.30.